The first kappa shape index (κ1) is 11.4. The van der Waals surface area contributed by atoms with Gasteiger partial charge < -0.3 is 5.32 Å². The normalized spacial score (nSPS) is 16.6. The first-order valence-electron chi connectivity index (χ1n) is 6.13. The molecule has 1 nitrogen and oxygen atoms in total. The van der Waals surface area contributed by atoms with Crippen molar-refractivity contribution in [1.82, 2.24) is 5.32 Å². The Morgan fingerprint density at radius 3 is 2.81 bits per heavy atom. The van der Waals surface area contributed by atoms with Crippen LogP contribution >= 0.6 is 0 Å². The van der Waals surface area contributed by atoms with Crippen molar-refractivity contribution >= 4 is 6.08 Å². The van der Waals surface area contributed by atoms with Crippen molar-refractivity contribution in [2.75, 3.05) is 6.54 Å². The van der Waals surface area contributed by atoms with Crippen molar-refractivity contribution in [3.05, 3.63) is 40.5 Å². The molecule has 0 unspecified atom stereocenters. The number of benzene rings is 1. The molecule has 0 aromatic heterocycles. The standard InChI is InChI=1S/C15H21N/c1-11(10-16-15-7-8-15)9-14-6-4-5-12(2)13(14)3/h4-6,9,15-16H,7-8,10H2,1-3H3. The Bertz CT molecular complexity index is 400. The molecule has 16 heavy (non-hydrogen) atoms. The van der Waals surface area contributed by atoms with Crippen molar-refractivity contribution in [1.29, 1.82) is 0 Å². The summed E-state index contributed by atoms with van der Waals surface area (Å²) < 4.78 is 0. The minimum absolute atomic E-state index is 0.793. The van der Waals surface area contributed by atoms with Gasteiger partial charge in [-0.3, -0.25) is 0 Å². The highest BCUT2D eigenvalue weighted by molar-refractivity contribution is 5.58. The third-order valence-corrected chi connectivity index (χ3v) is 3.30. The van der Waals surface area contributed by atoms with Crippen molar-refractivity contribution in [2.45, 2.75) is 39.7 Å². The maximum absolute atomic E-state index is 3.54. The highest BCUT2D eigenvalue weighted by Gasteiger charge is 2.19. The molecule has 2 rings (SSSR count). The lowest BCUT2D eigenvalue weighted by atomic mass is 10.0. The van der Waals surface area contributed by atoms with E-state index in [1.54, 1.807) is 0 Å². The smallest absolute Gasteiger partial charge is 0.0167 e. The molecule has 0 heterocycles. The lowest BCUT2D eigenvalue weighted by Gasteiger charge is -2.07. The van der Waals surface area contributed by atoms with Crippen LogP contribution in [0.2, 0.25) is 0 Å². The van der Waals surface area contributed by atoms with Gasteiger partial charge in [0.05, 0.1) is 0 Å². The Kier molecular flexibility index (Phi) is 3.45. The molecular formula is C15H21N. The van der Waals surface area contributed by atoms with E-state index in [1.807, 2.05) is 0 Å². The van der Waals surface area contributed by atoms with Crippen LogP contribution in [-0.4, -0.2) is 12.6 Å². The zero-order chi connectivity index (χ0) is 11.5. The Balaban J connectivity index is 2.04. The van der Waals surface area contributed by atoms with E-state index in [4.69, 9.17) is 0 Å². The molecule has 1 fully saturated rings. The summed E-state index contributed by atoms with van der Waals surface area (Å²) in [6, 6.07) is 7.30. The van der Waals surface area contributed by atoms with Gasteiger partial charge in [0.15, 0.2) is 0 Å². The number of hydrogen-bond donors (Lipinski definition) is 1. The Labute approximate surface area is 98.6 Å². The number of hydrogen-bond acceptors (Lipinski definition) is 1. The van der Waals surface area contributed by atoms with E-state index in [-0.39, 0.29) is 0 Å². The van der Waals surface area contributed by atoms with Crippen LogP contribution in [0, 0.1) is 13.8 Å². The summed E-state index contributed by atoms with van der Waals surface area (Å²) in [4.78, 5) is 0. The van der Waals surface area contributed by atoms with Gasteiger partial charge >= 0.3 is 0 Å². The van der Waals surface area contributed by atoms with Gasteiger partial charge in [0.2, 0.25) is 0 Å². The Morgan fingerprint density at radius 2 is 2.12 bits per heavy atom. The first-order chi connectivity index (χ1) is 7.66. The van der Waals surface area contributed by atoms with E-state index < -0.39 is 0 Å². The summed E-state index contributed by atoms with van der Waals surface area (Å²) in [5.41, 5.74) is 5.54. The summed E-state index contributed by atoms with van der Waals surface area (Å²) in [6.07, 6.45) is 5.02. The van der Waals surface area contributed by atoms with Gasteiger partial charge in [-0.15, -0.1) is 0 Å². The maximum Gasteiger partial charge on any atom is 0.0167 e. The van der Waals surface area contributed by atoms with Gasteiger partial charge in [-0.05, 0) is 50.3 Å². The predicted molar refractivity (Wildman–Crippen MR) is 70.6 cm³/mol. The van der Waals surface area contributed by atoms with Gasteiger partial charge in [0, 0.05) is 12.6 Å². The monoisotopic (exact) mass is 215 g/mol. The van der Waals surface area contributed by atoms with Crippen LogP contribution < -0.4 is 5.32 Å². The molecule has 0 atom stereocenters. The largest absolute Gasteiger partial charge is 0.310 e. The van der Waals surface area contributed by atoms with Crippen molar-refractivity contribution < 1.29 is 0 Å². The molecule has 0 spiro atoms. The van der Waals surface area contributed by atoms with Crippen LogP contribution in [0.4, 0.5) is 0 Å². The third-order valence-electron chi connectivity index (χ3n) is 3.30. The topological polar surface area (TPSA) is 12.0 Å². The van der Waals surface area contributed by atoms with Crippen LogP contribution in [0.3, 0.4) is 0 Å². The molecule has 1 heteroatoms. The van der Waals surface area contributed by atoms with Gasteiger partial charge in [-0.25, -0.2) is 0 Å². The molecule has 0 amide bonds. The second-order valence-electron chi connectivity index (χ2n) is 4.94. The zero-order valence-electron chi connectivity index (χ0n) is 10.5. The molecule has 1 aliphatic carbocycles. The molecule has 0 radical (unpaired) electrons. The molecule has 0 bridgehead atoms. The van der Waals surface area contributed by atoms with E-state index >= 15 is 0 Å². The lowest BCUT2D eigenvalue weighted by molar-refractivity contribution is 0.736. The van der Waals surface area contributed by atoms with Crippen LogP contribution in [0.5, 0.6) is 0 Å². The fraction of sp³-hybridized carbons (Fsp3) is 0.467. The quantitative estimate of drug-likeness (QED) is 0.811. The van der Waals surface area contributed by atoms with Crippen molar-refractivity contribution in [2.24, 2.45) is 0 Å². The molecule has 1 aromatic rings. The van der Waals surface area contributed by atoms with E-state index in [0.717, 1.165) is 12.6 Å². The second-order valence-corrected chi connectivity index (χ2v) is 4.94. The summed E-state index contributed by atoms with van der Waals surface area (Å²) in [5.74, 6) is 0. The molecule has 1 aliphatic rings. The minimum Gasteiger partial charge on any atom is -0.310 e. The Hall–Kier alpha value is -1.08. The van der Waals surface area contributed by atoms with Gasteiger partial charge in [-0.2, -0.15) is 0 Å². The van der Waals surface area contributed by atoms with Crippen LogP contribution in [0.25, 0.3) is 6.08 Å². The number of rotatable bonds is 4. The first-order valence-corrected chi connectivity index (χ1v) is 6.13. The van der Waals surface area contributed by atoms with E-state index in [2.05, 4.69) is 50.4 Å². The average molecular weight is 215 g/mol. The third kappa shape index (κ3) is 2.96. The fourth-order valence-corrected chi connectivity index (χ4v) is 1.84. The predicted octanol–water partition coefficient (Wildman–Crippen LogP) is 3.46. The zero-order valence-corrected chi connectivity index (χ0v) is 10.5. The van der Waals surface area contributed by atoms with E-state index in [1.165, 1.54) is 35.1 Å². The Morgan fingerprint density at radius 1 is 1.38 bits per heavy atom. The molecular weight excluding hydrogens is 194 g/mol. The average Bonchev–Trinajstić information content (AvgIpc) is 3.06. The summed E-state index contributed by atoms with van der Waals surface area (Å²) in [6.45, 7) is 7.60. The maximum atomic E-state index is 3.54. The van der Waals surface area contributed by atoms with Crippen LogP contribution in [-0.2, 0) is 0 Å². The molecule has 86 valence electrons. The number of nitrogens with one attached hydrogen (secondary N) is 1. The summed E-state index contributed by atoms with van der Waals surface area (Å²) in [7, 11) is 0. The molecule has 1 N–H and O–H groups in total. The number of aryl methyl sites for hydroxylation is 1. The van der Waals surface area contributed by atoms with Crippen LogP contribution in [0.1, 0.15) is 36.5 Å². The highest BCUT2D eigenvalue weighted by Crippen LogP contribution is 2.19. The van der Waals surface area contributed by atoms with Gasteiger partial charge in [0.1, 0.15) is 0 Å². The van der Waals surface area contributed by atoms with E-state index in [0.29, 0.717) is 0 Å². The SMILES string of the molecule is CC(=Cc1cccc(C)c1C)CNC1CC1. The molecule has 0 saturated heterocycles. The molecule has 1 saturated carbocycles. The molecule has 0 aliphatic heterocycles. The highest BCUT2D eigenvalue weighted by atomic mass is 14.9. The van der Waals surface area contributed by atoms with E-state index in [9.17, 15) is 0 Å². The second kappa shape index (κ2) is 4.84. The van der Waals surface area contributed by atoms with Crippen molar-refractivity contribution in [3.63, 3.8) is 0 Å². The molecule has 1 aromatic carbocycles. The summed E-state index contributed by atoms with van der Waals surface area (Å²) >= 11 is 0. The van der Waals surface area contributed by atoms with Crippen molar-refractivity contribution in [3.8, 4) is 0 Å². The van der Waals surface area contributed by atoms with Gasteiger partial charge in [0.25, 0.3) is 0 Å². The summed E-state index contributed by atoms with van der Waals surface area (Å²) in [5, 5.41) is 3.54. The van der Waals surface area contributed by atoms with Gasteiger partial charge in [-0.1, -0.05) is 29.8 Å². The fourth-order valence-electron chi connectivity index (χ4n) is 1.84. The lowest BCUT2D eigenvalue weighted by Crippen LogP contribution is -2.18. The minimum atomic E-state index is 0.793. The van der Waals surface area contributed by atoms with Crippen LogP contribution in [0.15, 0.2) is 23.8 Å².